The molecule has 5 nitrogen and oxygen atoms in total. The first-order valence-electron chi connectivity index (χ1n) is 10.2. The van der Waals surface area contributed by atoms with Crippen LogP contribution in [0.2, 0.25) is 10.0 Å². The number of ether oxygens (including phenoxy) is 1. The normalized spacial score (nSPS) is 11.6. The molecule has 0 bridgehead atoms. The first-order valence-corrected chi connectivity index (χ1v) is 11.8. The molecule has 0 aliphatic rings. The number of fused-ring (bicyclic) bond motifs is 1. The summed E-state index contributed by atoms with van der Waals surface area (Å²) < 4.78 is 8.00. The van der Waals surface area contributed by atoms with E-state index < -0.39 is 0 Å². The molecular weight excluding hydrogens is 525 g/mol. The molecule has 0 amide bonds. The highest BCUT2D eigenvalue weighted by Crippen LogP contribution is 2.23. The van der Waals surface area contributed by atoms with Gasteiger partial charge in [-0.1, -0.05) is 59.0 Å². The third kappa shape index (κ3) is 5.46. The highest BCUT2D eigenvalue weighted by molar-refractivity contribution is 9.10. The van der Waals surface area contributed by atoms with Crippen molar-refractivity contribution in [2.45, 2.75) is 26.4 Å². The maximum absolute atomic E-state index is 13.1. The van der Waals surface area contributed by atoms with Gasteiger partial charge in [-0.2, -0.15) is 9.78 Å². The number of nitrogens with zero attached hydrogens (tertiary/aromatic N) is 3. The summed E-state index contributed by atoms with van der Waals surface area (Å²) in [5, 5.41) is 6.11. The molecule has 0 unspecified atom stereocenters. The molecule has 0 atom stereocenters. The van der Waals surface area contributed by atoms with Gasteiger partial charge in [-0.15, -0.1) is 0 Å². The third-order valence-electron chi connectivity index (χ3n) is 4.96. The smallest absolute Gasteiger partial charge is 0.282 e. The van der Waals surface area contributed by atoms with E-state index in [4.69, 9.17) is 27.9 Å². The molecule has 3 aromatic carbocycles. The van der Waals surface area contributed by atoms with Crippen molar-refractivity contribution in [2.75, 3.05) is 0 Å². The quantitative estimate of drug-likeness (QED) is 0.244. The first-order chi connectivity index (χ1) is 15.8. The van der Waals surface area contributed by atoms with E-state index in [1.165, 1.54) is 4.68 Å². The van der Waals surface area contributed by atoms with E-state index in [0.717, 1.165) is 15.6 Å². The Labute approximate surface area is 209 Å². The van der Waals surface area contributed by atoms with Crippen molar-refractivity contribution in [2.24, 2.45) is 5.10 Å². The molecule has 1 heterocycles. The topological polar surface area (TPSA) is 56.5 Å². The Balaban J connectivity index is 1.56. The Bertz CT molecular complexity index is 1400. The van der Waals surface area contributed by atoms with Crippen LogP contribution in [0.1, 0.15) is 36.7 Å². The van der Waals surface area contributed by atoms with Crippen molar-refractivity contribution in [3.05, 3.63) is 102 Å². The Morgan fingerprint density at radius 1 is 1.09 bits per heavy atom. The Hall–Kier alpha value is -2.67. The molecular formula is C25H20BrCl2N3O2. The summed E-state index contributed by atoms with van der Waals surface area (Å²) in [7, 11) is 0. The fourth-order valence-corrected chi connectivity index (χ4v) is 4.05. The molecule has 168 valence electrons. The molecule has 33 heavy (non-hydrogen) atoms. The second-order valence-electron chi connectivity index (χ2n) is 7.74. The lowest BCUT2D eigenvalue weighted by Crippen LogP contribution is -2.23. The van der Waals surface area contributed by atoms with Crippen LogP contribution in [0.4, 0.5) is 0 Å². The zero-order valence-corrected chi connectivity index (χ0v) is 21.0. The van der Waals surface area contributed by atoms with Crippen LogP contribution < -0.4 is 10.3 Å². The fourth-order valence-electron chi connectivity index (χ4n) is 3.23. The van der Waals surface area contributed by atoms with E-state index in [9.17, 15) is 4.79 Å². The van der Waals surface area contributed by atoms with Gasteiger partial charge in [0, 0.05) is 26.0 Å². The van der Waals surface area contributed by atoms with Crippen molar-refractivity contribution < 1.29 is 4.74 Å². The first kappa shape index (κ1) is 23.5. The Morgan fingerprint density at radius 3 is 2.55 bits per heavy atom. The summed E-state index contributed by atoms with van der Waals surface area (Å²) in [4.78, 5) is 17.8. The number of rotatable bonds is 6. The predicted octanol–water partition coefficient (Wildman–Crippen LogP) is 7.05. The fraction of sp³-hybridized carbons (Fsp3) is 0.160. The van der Waals surface area contributed by atoms with Gasteiger partial charge in [0.15, 0.2) is 0 Å². The average Bonchev–Trinajstić information content (AvgIpc) is 2.79. The van der Waals surface area contributed by atoms with Crippen molar-refractivity contribution in [1.82, 2.24) is 9.66 Å². The zero-order chi connectivity index (χ0) is 23.5. The van der Waals surface area contributed by atoms with E-state index in [1.54, 1.807) is 24.4 Å². The predicted molar refractivity (Wildman–Crippen MR) is 138 cm³/mol. The number of halogens is 3. The number of hydrogen-bond acceptors (Lipinski definition) is 4. The minimum absolute atomic E-state index is 0.0263. The van der Waals surface area contributed by atoms with Crippen LogP contribution in [-0.2, 0) is 6.61 Å². The molecule has 0 radical (unpaired) electrons. The molecule has 4 aromatic rings. The molecule has 0 aliphatic heterocycles. The highest BCUT2D eigenvalue weighted by atomic mass is 79.9. The molecule has 0 spiro atoms. The van der Waals surface area contributed by atoms with E-state index in [0.29, 0.717) is 39.1 Å². The molecule has 8 heteroatoms. The van der Waals surface area contributed by atoms with Crippen LogP contribution in [-0.4, -0.2) is 15.9 Å². The van der Waals surface area contributed by atoms with Crippen molar-refractivity contribution in [3.8, 4) is 5.75 Å². The summed E-state index contributed by atoms with van der Waals surface area (Å²) in [6.07, 6.45) is 1.64. The van der Waals surface area contributed by atoms with Crippen LogP contribution in [0.3, 0.4) is 0 Å². The average molecular weight is 545 g/mol. The molecule has 0 N–H and O–H groups in total. The molecule has 1 aromatic heterocycles. The van der Waals surface area contributed by atoms with Gasteiger partial charge >= 0.3 is 0 Å². The van der Waals surface area contributed by atoms with Crippen molar-refractivity contribution in [3.63, 3.8) is 0 Å². The summed E-state index contributed by atoms with van der Waals surface area (Å²) in [6.45, 7) is 4.30. The Morgan fingerprint density at radius 2 is 1.85 bits per heavy atom. The van der Waals surface area contributed by atoms with E-state index in [-0.39, 0.29) is 11.5 Å². The molecule has 4 rings (SSSR count). The second-order valence-corrected chi connectivity index (χ2v) is 9.50. The van der Waals surface area contributed by atoms with Crippen LogP contribution in [0.15, 0.2) is 75.0 Å². The lowest BCUT2D eigenvalue weighted by Gasteiger charge is -2.12. The van der Waals surface area contributed by atoms with Gasteiger partial charge in [-0.05, 0) is 60.2 Å². The van der Waals surface area contributed by atoms with E-state index in [1.807, 2.05) is 56.3 Å². The van der Waals surface area contributed by atoms with Crippen molar-refractivity contribution in [1.29, 1.82) is 0 Å². The minimum atomic E-state index is -0.207. The Kier molecular flexibility index (Phi) is 7.17. The van der Waals surface area contributed by atoms with Gasteiger partial charge in [0.05, 0.1) is 17.1 Å². The van der Waals surface area contributed by atoms with Gasteiger partial charge in [0.2, 0.25) is 0 Å². The van der Waals surface area contributed by atoms with Crippen LogP contribution >= 0.6 is 39.1 Å². The van der Waals surface area contributed by atoms with Crippen molar-refractivity contribution >= 4 is 56.2 Å². The lowest BCUT2D eigenvalue weighted by molar-refractivity contribution is 0.306. The summed E-state index contributed by atoms with van der Waals surface area (Å²) in [5.74, 6) is 1.32. The van der Waals surface area contributed by atoms with Crippen LogP contribution in [0, 0.1) is 0 Å². The van der Waals surface area contributed by atoms with Gasteiger partial charge < -0.3 is 4.74 Å². The molecule has 0 saturated heterocycles. The number of benzene rings is 3. The van der Waals surface area contributed by atoms with E-state index >= 15 is 0 Å². The number of hydrogen-bond donors (Lipinski definition) is 0. The van der Waals surface area contributed by atoms with Gasteiger partial charge in [-0.25, -0.2) is 4.98 Å². The minimum Gasteiger partial charge on any atom is -0.489 e. The largest absolute Gasteiger partial charge is 0.489 e. The number of aromatic nitrogens is 2. The maximum atomic E-state index is 13.1. The molecule has 0 fully saturated rings. The van der Waals surface area contributed by atoms with Crippen LogP contribution in [0.25, 0.3) is 10.9 Å². The zero-order valence-electron chi connectivity index (χ0n) is 17.9. The van der Waals surface area contributed by atoms with Gasteiger partial charge in [0.25, 0.3) is 5.56 Å². The third-order valence-corrected chi connectivity index (χ3v) is 6.04. The SMILES string of the molecule is CC(C)c1nc2ccc(Br)cc2c(=O)n1N=Cc1ccc(OCc2ccc(Cl)cc2Cl)cc1. The summed E-state index contributed by atoms with van der Waals surface area (Å²) >= 11 is 15.5. The maximum Gasteiger partial charge on any atom is 0.282 e. The monoisotopic (exact) mass is 543 g/mol. The summed E-state index contributed by atoms with van der Waals surface area (Å²) in [5.41, 5.74) is 2.12. The lowest BCUT2D eigenvalue weighted by atomic mass is 10.2. The van der Waals surface area contributed by atoms with Gasteiger partial charge in [0.1, 0.15) is 18.2 Å². The molecule has 0 aliphatic carbocycles. The standard InChI is InChI=1S/C25H20BrCl2N3O2/c1-15(2)24-30-23-10-6-18(26)11-21(23)25(32)31(24)29-13-16-3-8-20(9-4-16)33-14-17-5-7-19(27)12-22(17)28/h3-13,15H,14H2,1-2H3. The summed E-state index contributed by atoms with van der Waals surface area (Å²) in [6, 6.07) is 18.2. The van der Waals surface area contributed by atoms with Crippen LogP contribution in [0.5, 0.6) is 5.75 Å². The second kappa shape index (κ2) is 10.1. The van der Waals surface area contributed by atoms with Gasteiger partial charge in [-0.3, -0.25) is 4.79 Å². The van der Waals surface area contributed by atoms with E-state index in [2.05, 4.69) is 26.0 Å². The highest BCUT2D eigenvalue weighted by Gasteiger charge is 2.13. The molecule has 0 saturated carbocycles.